The number of hydrogen-bond donors (Lipinski definition) is 0. The van der Waals surface area contributed by atoms with E-state index in [0.717, 1.165) is 5.56 Å². The largest absolute Gasteiger partial charge is 0.266 e. The zero-order valence-electron chi connectivity index (χ0n) is 11.6. The van der Waals surface area contributed by atoms with Gasteiger partial charge in [-0.2, -0.15) is 0 Å². The Morgan fingerprint density at radius 3 is 2.45 bits per heavy atom. The van der Waals surface area contributed by atoms with Gasteiger partial charge in [-0.1, -0.05) is 53.0 Å². The van der Waals surface area contributed by atoms with E-state index in [1.165, 1.54) is 16.4 Å². The fourth-order valence-corrected chi connectivity index (χ4v) is 5.37. The molecule has 3 rings (SSSR count). The summed E-state index contributed by atoms with van der Waals surface area (Å²) in [6.45, 7) is 1.86. The topological polar surface area (TPSA) is 37.4 Å². The molecular formula is C15H12Cl3NO2S. The summed E-state index contributed by atoms with van der Waals surface area (Å²) < 4.78 is 27.5. The van der Waals surface area contributed by atoms with Gasteiger partial charge in [0, 0.05) is 6.04 Å². The Labute approximate surface area is 144 Å². The Kier molecular flexibility index (Phi) is 4.06. The summed E-state index contributed by atoms with van der Waals surface area (Å²) in [5.41, 5.74) is 1.67. The molecule has 116 valence electrons. The van der Waals surface area contributed by atoms with Crippen LogP contribution in [0.3, 0.4) is 0 Å². The molecule has 0 N–H and O–H groups in total. The summed E-state index contributed by atoms with van der Waals surface area (Å²) in [7, 11) is -3.81. The lowest BCUT2D eigenvalue weighted by molar-refractivity contribution is 0.584. The minimum absolute atomic E-state index is 0.0351. The van der Waals surface area contributed by atoms with Gasteiger partial charge < -0.3 is 0 Å². The number of benzene rings is 2. The first-order valence-electron chi connectivity index (χ1n) is 6.60. The molecule has 0 bridgehead atoms. The smallest absolute Gasteiger partial charge is 0.263 e. The predicted molar refractivity (Wildman–Crippen MR) is 90.7 cm³/mol. The predicted octanol–water partition coefficient (Wildman–Crippen LogP) is 4.79. The van der Waals surface area contributed by atoms with Gasteiger partial charge in [0.2, 0.25) is 0 Å². The van der Waals surface area contributed by atoms with Gasteiger partial charge in [-0.3, -0.25) is 4.31 Å². The van der Waals surface area contributed by atoms with Crippen molar-refractivity contribution in [2.24, 2.45) is 0 Å². The van der Waals surface area contributed by atoms with Crippen LogP contribution in [0, 0.1) is 0 Å². The van der Waals surface area contributed by atoms with Crippen molar-refractivity contribution < 1.29 is 8.42 Å². The molecule has 1 atom stereocenters. The Bertz CT molecular complexity index is 852. The Hall–Kier alpha value is -0.940. The fraction of sp³-hybridized carbons (Fsp3) is 0.200. The molecule has 0 amide bonds. The van der Waals surface area contributed by atoms with E-state index in [0.29, 0.717) is 12.1 Å². The number of sulfonamides is 1. The van der Waals surface area contributed by atoms with Crippen LogP contribution in [-0.2, 0) is 16.4 Å². The molecule has 1 aliphatic rings. The molecule has 0 aromatic heterocycles. The molecule has 22 heavy (non-hydrogen) atoms. The van der Waals surface area contributed by atoms with Crippen molar-refractivity contribution in [1.29, 1.82) is 0 Å². The molecule has 2 aromatic rings. The van der Waals surface area contributed by atoms with Gasteiger partial charge in [0.05, 0.1) is 20.8 Å². The van der Waals surface area contributed by atoms with E-state index in [4.69, 9.17) is 34.8 Å². The number of fused-ring (bicyclic) bond motifs is 1. The highest BCUT2D eigenvalue weighted by Crippen LogP contribution is 2.41. The van der Waals surface area contributed by atoms with Gasteiger partial charge >= 0.3 is 0 Å². The Morgan fingerprint density at radius 2 is 1.73 bits per heavy atom. The van der Waals surface area contributed by atoms with E-state index in [1.807, 2.05) is 25.1 Å². The van der Waals surface area contributed by atoms with Crippen LogP contribution in [0.15, 0.2) is 41.3 Å². The first kappa shape index (κ1) is 15.9. The van der Waals surface area contributed by atoms with Crippen LogP contribution < -0.4 is 4.31 Å². The average Bonchev–Trinajstić information content (AvgIpc) is 2.80. The lowest BCUT2D eigenvalue weighted by Crippen LogP contribution is -2.35. The normalized spacial score (nSPS) is 17.6. The van der Waals surface area contributed by atoms with Crippen LogP contribution in [0.4, 0.5) is 5.69 Å². The Morgan fingerprint density at radius 1 is 1.05 bits per heavy atom. The van der Waals surface area contributed by atoms with Crippen LogP contribution in [0.5, 0.6) is 0 Å². The maximum Gasteiger partial charge on any atom is 0.266 e. The van der Waals surface area contributed by atoms with Crippen molar-refractivity contribution >= 4 is 50.5 Å². The van der Waals surface area contributed by atoms with Crippen molar-refractivity contribution in [2.45, 2.75) is 24.3 Å². The summed E-state index contributed by atoms with van der Waals surface area (Å²) in [5.74, 6) is 0. The molecule has 0 saturated heterocycles. The van der Waals surface area contributed by atoms with Gasteiger partial charge in [-0.05, 0) is 37.1 Å². The fourth-order valence-electron chi connectivity index (χ4n) is 2.72. The van der Waals surface area contributed by atoms with Gasteiger partial charge in [0.1, 0.15) is 4.90 Å². The Balaban J connectivity index is 2.18. The van der Waals surface area contributed by atoms with Gasteiger partial charge in [0.25, 0.3) is 10.0 Å². The number of nitrogens with zero attached hydrogens (tertiary/aromatic N) is 1. The summed E-state index contributed by atoms with van der Waals surface area (Å²) >= 11 is 18.0. The highest BCUT2D eigenvalue weighted by Gasteiger charge is 2.37. The molecule has 0 spiro atoms. The first-order valence-corrected chi connectivity index (χ1v) is 9.17. The van der Waals surface area contributed by atoms with E-state index in [2.05, 4.69) is 0 Å². The van der Waals surface area contributed by atoms with Gasteiger partial charge in [0.15, 0.2) is 0 Å². The highest BCUT2D eigenvalue weighted by molar-refractivity contribution is 7.93. The van der Waals surface area contributed by atoms with Crippen molar-refractivity contribution in [3.8, 4) is 0 Å². The molecule has 0 aliphatic carbocycles. The lowest BCUT2D eigenvalue weighted by atomic mass is 10.1. The zero-order chi connectivity index (χ0) is 16.1. The monoisotopic (exact) mass is 375 g/mol. The van der Waals surface area contributed by atoms with Crippen molar-refractivity contribution in [3.63, 3.8) is 0 Å². The van der Waals surface area contributed by atoms with Gasteiger partial charge in [-0.25, -0.2) is 8.42 Å². The first-order chi connectivity index (χ1) is 10.3. The lowest BCUT2D eigenvalue weighted by Gasteiger charge is -2.25. The van der Waals surface area contributed by atoms with E-state index in [-0.39, 0.29) is 26.0 Å². The number of halogens is 3. The van der Waals surface area contributed by atoms with Gasteiger partial charge in [-0.15, -0.1) is 0 Å². The second-order valence-corrected chi connectivity index (χ2v) is 8.10. The summed E-state index contributed by atoms with van der Waals surface area (Å²) in [4.78, 5) is -0.0351. The van der Waals surface area contributed by atoms with Crippen LogP contribution in [-0.4, -0.2) is 14.5 Å². The maximum atomic E-state index is 13.0. The quantitative estimate of drug-likeness (QED) is 0.707. The molecule has 1 heterocycles. The van der Waals surface area contributed by atoms with E-state index >= 15 is 0 Å². The number of para-hydroxylation sites is 1. The van der Waals surface area contributed by atoms with Crippen LogP contribution in [0.2, 0.25) is 15.1 Å². The van der Waals surface area contributed by atoms with Crippen molar-refractivity contribution in [2.75, 3.05) is 4.31 Å². The summed E-state index contributed by atoms with van der Waals surface area (Å²) in [6, 6.07) is 10.1. The second-order valence-electron chi connectivity index (χ2n) is 5.16. The van der Waals surface area contributed by atoms with Crippen molar-refractivity contribution in [1.82, 2.24) is 0 Å². The maximum absolute atomic E-state index is 13.0. The van der Waals surface area contributed by atoms with Crippen LogP contribution in [0.1, 0.15) is 12.5 Å². The second kappa shape index (κ2) is 5.60. The molecule has 0 radical (unpaired) electrons. The third-order valence-corrected chi connectivity index (χ3v) is 7.06. The number of hydrogen-bond acceptors (Lipinski definition) is 2. The van der Waals surface area contributed by atoms with Crippen LogP contribution >= 0.6 is 34.8 Å². The molecule has 0 fully saturated rings. The summed E-state index contributed by atoms with van der Waals surface area (Å²) in [6.07, 6.45) is 0.661. The van der Waals surface area contributed by atoms with E-state index < -0.39 is 10.0 Å². The molecular weight excluding hydrogens is 365 g/mol. The molecule has 1 unspecified atom stereocenters. The standard InChI is InChI=1S/C15H12Cl3NO2S/c1-9-8-10-4-2-3-5-12(10)19(9)22(20,21)13-7-6-11(16)14(17)15(13)18/h2-7,9H,8H2,1H3. The van der Waals surface area contributed by atoms with E-state index in [9.17, 15) is 8.42 Å². The molecule has 1 aliphatic heterocycles. The highest BCUT2D eigenvalue weighted by atomic mass is 35.5. The molecule has 7 heteroatoms. The molecule has 2 aromatic carbocycles. The molecule has 3 nitrogen and oxygen atoms in total. The zero-order valence-corrected chi connectivity index (χ0v) is 14.6. The number of anilines is 1. The minimum Gasteiger partial charge on any atom is -0.263 e. The number of rotatable bonds is 2. The average molecular weight is 377 g/mol. The minimum atomic E-state index is -3.81. The third kappa shape index (κ3) is 2.38. The van der Waals surface area contributed by atoms with Crippen molar-refractivity contribution in [3.05, 3.63) is 57.0 Å². The SMILES string of the molecule is CC1Cc2ccccc2N1S(=O)(=O)c1ccc(Cl)c(Cl)c1Cl. The van der Waals surface area contributed by atoms with E-state index in [1.54, 1.807) is 6.07 Å². The third-order valence-electron chi connectivity index (χ3n) is 3.68. The van der Waals surface area contributed by atoms with Crippen LogP contribution in [0.25, 0.3) is 0 Å². The summed E-state index contributed by atoms with van der Waals surface area (Å²) in [5, 5.41) is 0.218. The molecule has 0 saturated carbocycles.